The first-order chi connectivity index (χ1) is 16.3. The molecule has 2 aliphatic rings. The normalized spacial score (nSPS) is 22.2. The summed E-state index contributed by atoms with van der Waals surface area (Å²) in [5, 5.41) is 7.48. The number of hydrogen-bond donors (Lipinski definition) is 1. The first-order valence-electron chi connectivity index (χ1n) is 11.2. The molecule has 180 valence electrons. The van der Waals surface area contributed by atoms with Crippen molar-refractivity contribution in [2.45, 2.75) is 51.2 Å². The molecule has 1 unspecified atom stereocenters. The Labute approximate surface area is 195 Å². The number of aromatic nitrogens is 4. The number of hydrogen-bond acceptors (Lipinski definition) is 6. The summed E-state index contributed by atoms with van der Waals surface area (Å²) in [6.07, 6.45) is -0.154. The quantitative estimate of drug-likeness (QED) is 0.599. The highest BCUT2D eigenvalue weighted by Crippen LogP contribution is 2.39. The van der Waals surface area contributed by atoms with E-state index in [2.05, 4.69) is 25.4 Å². The van der Waals surface area contributed by atoms with Gasteiger partial charge in [0.25, 0.3) is 0 Å². The number of nitrogens with one attached hydrogen (secondary N) is 1. The van der Waals surface area contributed by atoms with Crippen LogP contribution in [0.25, 0.3) is 16.8 Å². The largest absolute Gasteiger partial charge is 0.347 e. The number of rotatable bonds is 5. The van der Waals surface area contributed by atoms with Gasteiger partial charge in [0.1, 0.15) is 6.17 Å². The van der Waals surface area contributed by atoms with Crippen molar-refractivity contribution in [1.29, 1.82) is 0 Å². The van der Waals surface area contributed by atoms with E-state index in [9.17, 15) is 18.0 Å². The molecule has 3 aromatic rings. The average molecular weight is 474 g/mol. The van der Waals surface area contributed by atoms with Crippen LogP contribution in [0, 0.1) is 0 Å². The average Bonchev–Trinajstić information content (AvgIpc) is 3.35. The molecule has 3 atom stereocenters. The van der Waals surface area contributed by atoms with E-state index in [1.165, 1.54) is 11.8 Å². The lowest BCUT2D eigenvalue weighted by Gasteiger charge is -2.34. The molecule has 0 radical (unpaired) electrons. The molecular formula is C23H26F3N7O. The number of carbonyl (C=O) groups excluding carboxylic acids is 1. The van der Waals surface area contributed by atoms with Gasteiger partial charge in [-0.1, -0.05) is 0 Å². The van der Waals surface area contributed by atoms with Crippen LogP contribution in [0.15, 0.2) is 35.6 Å². The highest BCUT2D eigenvalue weighted by molar-refractivity contribution is 5.96. The molecule has 0 bridgehead atoms. The van der Waals surface area contributed by atoms with E-state index >= 15 is 0 Å². The Balaban J connectivity index is 0.00000289. The van der Waals surface area contributed by atoms with E-state index in [1.54, 1.807) is 36.0 Å². The fourth-order valence-corrected chi connectivity index (χ4v) is 4.60. The summed E-state index contributed by atoms with van der Waals surface area (Å²) in [7, 11) is 0. The Hall–Kier alpha value is -3.50. The van der Waals surface area contributed by atoms with Crippen LogP contribution in [-0.4, -0.2) is 67.8 Å². The Morgan fingerprint density at radius 2 is 2.15 bits per heavy atom. The van der Waals surface area contributed by atoms with Crippen molar-refractivity contribution in [3.8, 4) is 11.3 Å². The van der Waals surface area contributed by atoms with Crippen LogP contribution in [0.3, 0.4) is 0 Å². The first kappa shape index (κ1) is 22.3. The van der Waals surface area contributed by atoms with Gasteiger partial charge in [0.2, 0.25) is 18.3 Å². The topological polar surface area (TPSA) is 87.8 Å². The van der Waals surface area contributed by atoms with Gasteiger partial charge in [-0.25, -0.2) is 27.7 Å². The van der Waals surface area contributed by atoms with Crippen molar-refractivity contribution >= 4 is 28.8 Å². The predicted molar refractivity (Wildman–Crippen MR) is 124 cm³/mol. The number of pyridine rings is 1. The molecule has 11 heteroatoms. The molecule has 1 saturated heterocycles. The standard InChI is InChI=1S/C23H24F3N7O.H2/c1-12-15(9-21(25)26)22-19(28-12)4-3-17(29-22)14-5-8-33-20(14)10-27-23(31-33)30-18-6-7-32(13(2)34)11-16(18)24;/h3-5,8,10,15-16,18,21H,6-7,9,11H2,1-2H3,(H,30,31);1H/t15?,16-,18+;/m1./s1. The summed E-state index contributed by atoms with van der Waals surface area (Å²) in [5.74, 6) is -0.360. The molecule has 2 aliphatic heterocycles. The van der Waals surface area contributed by atoms with Gasteiger partial charge in [-0.2, -0.15) is 0 Å². The van der Waals surface area contributed by atoms with E-state index in [0.29, 0.717) is 41.3 Å². The van der Waals surface area contributed by atoms with E-state index in [1.807, 2.05) is 6.07 Å². The number of anilines is 1. The molecule has 0 spiro atoms. The van der Waals surface area contributed by atoms with E-state index in [4.69, 9.17) is 0 Å². The summed E-state index contributed by atoms with van der Waals surface area (Å²) < 4.78 is 42.3. The number of likely N-dealkylation sites (tertiary alicyclic amines) is 1. The molecule has 8 nitrogen and oxygen atoms in total. The van der Waals surface area contributed by atoms with Crippen LogP contribution in [0.5, 0.6) is 0 Å². The van der Waals surface area contributed by atoms with Crippen molar-refractivity contribution in [2.24, 2.45) is 4.99 Å². The van der Waals surface area contributed by atoms with Gasteiger partial charge in [0, 0.05) is 44.7 Å². The molecule has 5 rings (SSSR count). The fraction of sp³-hybridized carbons (Fsp3) is 0.435. The van der Waals surface area contributed by atoms with Crippen LogP contribution in [-0.2, 0) is 4.79 Å². The van der Waals surface area contributed by atoms with Gasteiger partial charge in [-0.3, -0.25) is 9.79 Å². The Morgan fingerprint density at radius 1 is 1.32 bits per heavy atom. The highest BCUT2D eigenvalue weighted by Gasteiger charge is 2.31. The van der Waals surface area contributed by atoms with Gasteiger partial charge in [-0.05, 0) is 31.5 Å². The molecule has 0 saturated carbocycles. The number of fused-ring (bicyclic) bond motifs is 2. The van der Waals surface area contributed by atoms with Crippen molar-refractivity contribution in [3.63, 3.8) is 0 Å². The van der Waals surface area contributed by atoms with Crippen molar-refractivity contribution < 1.29 is 19.4 Å². The maximum atomic E-state index is 14.5. The number of carbonyl (C=O) groups is 1. The molecule has 0 aliphatic carbocycles. The molecule has 1 amide bonds. The fourth-order valence-electron chi connectivity index (χ4n) is 4.60. The lowest BCUT2D eigenvalue weighted by atomic mass is 9.97. The predicted octanol–water partition coefficient (Wildman–Crippen LogP) is 4.25. The summed E-state index contributed by atoms with van der Waals surface area (Å²) in [6, 6.07) is 4.94. The van der Waals surface area contributed by atoms with Gasteiger partial charge < -0.3 is 10.2 Å². The zero-order valence-electron chi connectivity index (χ0n) is 18.8. The van der Waals surface area contributed by atoms with Crippen LogP contribution in [0.4, 0.5) is 24.8 Å². The number of alkyl halides is 3. The minimum Gasteiger partial charge on any atom is -0.347 e. The maximum absolute atomic E-state index is 14.5. The first-order valence-corrected chi connectivity index (χ1v) is 11.2. The SMILES string of the molecule is CC(=O)N1CC[C@H](Nc2ncc3c(-c4ccc5c(n4)C(CC(F)F)C(C)=N5)ccn3n2)[C@H](F)C1.[HH]. The summed E-state index contributed by atoms with van der Waals surface area (Å²) in [6.45, 7) is 3.70. The number of nitrogens with zero attached hydrogens (tertiary/aromatic N) is 6. The minimum atomic E-state index is -2.44. The van der Waals surface area contributed by atoms with Crippen LogP contribution in [0.1, 0.15) is 39.7 Å². The lowest BCUT2D eigenvalue weighted by molar-refractivity contribution is -0.131. The lowest BCUT2D eigenvalue weighted by Crippen LogP contribution is -2.49. The maximum Gasteiger partial charge on any atom is 0.241 e. The summed E-state index contributed by atoms with van der Waals surface area (Å²) >= 11 is 0. The number of piperidine rings is 1. The second kappa shape index (κ2) is 8.69. The third kappa shape index (κ3) is 4.10. The zero-order valence-corrected chi connectivity index (χ0v) is 18.8. The summed E-state index contributed by atoms with van der Waals surface area (Å²) in [5.41, 5.74) is 3.88. The van der Waals surface area contributed by atoms with Gasteiger partial charge in [0.05, 0.1) is 41.4 Å². The highest BCUT2D eigenvalue weighted by atomic mass is 19.3. The van der Waals surface area contributed by atoms with Crippen LogP contribution < -0.4 is 5.32 Å². The van der Waals surface area contributed by atoms with Crippen LogP contribution >= 0.6 is 0 Å². The number of halogens is 3. The van der Waals surface area contributed by atoms with Crippen molar-refractivity contribution in [2.75, 3.05) is 18.4 Å². The zero-order chi connectivity index (χ0) is 24.0. The molecule has 3 aromatic heterocycles. The number of amides is 1. The third-order valence-electron chi connectivity index (χ3n) is 6.44. The molecule has 1 fully saturated rings. The van der Waals surface area contributed by atoms with Gasteiger partial charge in [-0.15, -0.1) is 5.10 Å². The summed E-state index contributed by atoms with van der Waals surface area (Å²) in [4.78, 5) is 26.4. The molecule has 1 N–H and O–H groups in total. The molecule has 0 aromatic carbocycles. The second-order valence-electron chi connectivity index (χ2n) is 8.69. The van der Waals surface area contributed by atoms with Gasteiger partial charge in [0.15, 0.2) is 0 Å². The van der Waals surface area contributed by atoms with E-state index < -0.39 is 24.6 Å². The molecule has 5 heterocycles. The monoisotopic (exact) mass is 473 g/mol. The third-order valence-corrected chi connectivity index (χ3v) is 6.44. The van der Waals surface area contributed by atoms with Gasteiger partial charge >= 0.3 is 0 Å². The van der Waals surface area contributed by atoms with Crippen LogP contribution in [0.2, 0.25) is 0 Å². The minimum absolute atomic E-state index is 0. The Kier molecular flexibility index (Phi) is 5.70. The van der Waals surface area contributed by atoms with Crippen molar-refractivity contribution in [3.05, 3.63) is 36.3 Å². The Morgan fingerprint density at radius 3 is 2.88 bits per heavy atom. The Bertz CT molecular complexity index is 1280. The van der Waals surface area contributed by atoms with Crippen molar-refractivity contribution in [1.82, 2.24) is 24.5 Å². The van der Waals surface area contributed by atoms with E-state index in [0.717, 1.165) is 5.56 Å². The molecular weight excluding hydrogens is 447 g/mol. The smallest absolute Gasteiger partial charge is 0.241 e. The van der Waals surface area contributed by atoms with E-state index in [-0.39, 0.29) is 26.2 Å². The second-order valence-corrected chi connectivity index (χ2v) is 8.69. The molecule has 34 heavy (non-hydrogen) atoms. The number of aliphatic imine (C=N–C) groups is 1.